The molecule has 1 aromatic carbocycles. The van der Waals surface area contributed by atoms with E-state index in [4.69, 9.17) is 0 Å². The molecule has 1 atom stereocenters. The van der Waals surface area contributed by atoms with E-state index in [1.807, 2.05) is 0 Å². The van der Waals surface area contributed by atoms with E-state index < -0.39 is 23.8 Å². The molecule has 8 nitrogen and oxygen atoms in total. The van der Waals surface area contributed by atoms with Crippen LogP contribution in [0.5, 0.6) is 0 Å². The lowest BCUT2D eigenvalue weighted by molar-refractivity contribution is -0.119. The Labute approximate surface area is 154 Å². The average Bonchev–Trinajstić information content (AvgIpc) is 3.17. The number of rotatable bonds is 3. The van der Waals surface area contributed by atoms with Crippen LogP contribution in [0.2, 0.25) is 0 Å². The van der Waals surface area contributed by atoms with Gasteiger partial charge in [-0.2, -0.15) is 0 Å². The van der Waals surface area contributed by atoms with Crippen molar-refractivity contribution < 1.29 is 18.8 Å². The summed E-state index contributed by atoms with van der Waals surface area (Å²) in [5.74, 6) is -1.37. The van der Waals surface area contributed by atoms with Crippen LogP contribution in [0.3, 0.4) is 0 Å². The molecule has 27 heavy (non-hydrogen) atoms. The Kier molecular flexibility index (Phi) is 5.60. The van der Waals surface area contributed by atoms with Gasteiger partial charge in [0.15, 0.2) is 0 Å². The highest BCUT2D eigenvalue weighted by Gasteiger charge is 2.34. The number of hydrogen-bond acceptors (Lipinski definition) is 4. The lowest BCUT2D eigenvalue weighted by Gasteiger charge is -2.24. The molecule has 1 aliphatic heterocycles. The number of anilines is 1. The summed E-state index contributed by atoms with van der Waals surface area (Å²) in [7, 11) is 0. The quantitative estimate of drug-likeness (QED) is 0.714. The third-order valence-electron chi connectivity index (χ3n) is 4.13. The van der Waals surface area contributed by atoms with Crippen molar-refractivity contribution in [2.24, 2.45) is 0 Å². The fourth-order valence-corrected chi connectivity index (χ4v) is 2.80. The summed E-state index contributed by atoms with van der Waals surface area (Å²) < 4.78 is 12.9. The molecule has 1 aromatic heterocycles. The lowest BCUT2D eigenvalue weighted by Crippen LogP contribution is -2.52. The summed E-state index contributed by atoms with van der Waals surface area (Å²) in [6.07, 6.45) is 4.30. The number of urea groups is 1. The van der Waals surface area contributed by atoms with E-state index in [0.29, 0.717) is 25.1 Å². The van der Waals surface area contributed by atoms with Gasteiger partial charge in [0, 0.05) is 18.3 Å². The second kappa shape index (κ2) is 8.26. The van der Waals surface area contributed by atoms with Crippen LogP contribution in [0.25, 0.3) is 0 Å². The number of benzene rings is 1. The van der Waals surface area contributed by atoms with Gasteiger partial charge < -0.3 is 10.2 Å². The van der Waals surface area contributed by atoms with Crippen LogP contribution in [0.4, 0.5) is 14.9 Å². The van der Waals surface area contributed by atoms with Gasteiger partial charge in [0.05, 0.1) is 11.9 Å². The van der Waals surface area contributed by atoms with Crippen molar-refractivity contribution in [1.82, 2.24) is 20.7 Å². The van der Waals surface area contributed by atoms with Crippen LogP contribution in [-0.4, -0.2) is 40.3 Å². The largest absolute Gasteiger partial charge is 0.336 e. The number of carbonyl (C=O) groups excluding carboxylic acids is 3. The van der Waals surface area contributed by atoms with Crippen LogP contribution in [0, 0.1) is 5.82 Å². The van der Waals surface area contributed by atoms with Gasteiger partial charge in [0.1, 0.15) is 11.9 Å². The molecule has 0 aliphatic carbocycles. The normalized spacial score (nSPS) is 15.9. The van der Waals surface area contributed by atoms with Crippen LogP contribution in [0.15, 0.2) is 48.8 Å². The van der Waals surface area contributed by atoms with E-state index in [1.54, 1.807) is 18.3 Å². The summed E-state index contributed by atoms with van der Waals surface area (Å²) in [5, 5.41) is 2.72. The first-order valence-corrected chi connectivity index (χ1v) is 8.38. The summed E-state index contributed by atoms with van der Waals surface area (Å²) in [5.41, 5.74) is 5.29. The molecule has 0 saturated carbocycles. The van der Waals surface area contributed by atoms with Gasteiger partial charge in [-0.15, -0.1) is 0 Å². The number of nitrogens with zero attached hydrogens (tertiary/aromatic N) is 2. The first-order chi connectivity index (χ1) is 13.0. The Balaban J connectivity index is 1.56. The molecule has 3 rings (SSSR count). The molecule has 2 heterocycles. The number of amides is 4. The van der Waals surface area contributed by atoms with Crippen LogP contribution >= 0.6 is 0 Å². The van der Waals surface area contributed by atoms with Gasteiger partial charge in [0.2, 0.25) is 5.91 Å². The van der Waals surface area contributed by atoms with Crippen molar-refractivity contribution in [2.45, 2.75) is 18.9 Å². The predicted octanol–water partition coefficient (Wildman–Crippen LogP) is 1.68. The van der Waals surface area contributed by atoms with Crippen LogP contribution in [0.1, 0.15) is 23.2 Å². The Morgan fingerprint density at radius 3 is 2.59 bits per heavy atom. The number of pyridine rings is 1. The Morgan fingerprint density at radius 1 is 1.11 bits per heavy atom. The molecule has 0 radical (unpaired) electrons. The van der Waals surface area contributed by atoms with Gasteiger partial charge in [-0.3, -0.25) is 20.0 Å². The van der Waals surface area contributed by atoms with E-state index >= 15 is 0 Å². The number of hydrogen-bond donors (Lipinski definition) is 3. The van der Waals surface area contributed by atoms with Gasteiger partial charge in [-0.05, 0) is 49.2 Å². The first-order valence-electron chi connectivity index (χ1n) is 8.38. The van der Waals surface area contributed by atoms with Crippen molar-refractivity contribution in [3.05, 3.63) is 60.2 Å². The van der Waals surface area contributed by atoms with E-state index in [2.05, 4.69) is 21.2 Å². The van der Waals surface area contributed by atoms with Crippen molar-refractivity contribution in [3.8, 4) is 0 Å². The van der Waals surface area contributed by atoms with Crippen molar-refractivity contribution in [2.75, 3.05) is 11.9 Å². The molecule has 4 amide bonds. The standard InChI is InChI=1S/C18H18FN5O3/c19-13-7-5-12(6-8-13)16(25)22-23-18(27)24-10-2-4-15(24)17(26)21-14-3-1-9-20-11-14/h1,3,5-9,11,15H,2,4,10H2,(H,21,26)(H,22,25)(H,23,27)/t15-/m0/s1. The number of nitrogens with one attached hydrogen (secondary N) is 3. The molecule has 1 fully saturated rings. The van der Waals surface area contributed by atoms with Gasteiger partial charge >= 0.3 is 6.03 Å². The molecule has 0 bridgehead atoms. The number of aromatic nitrogens is 1. The molecule has 0 unspecified atom stereocenters. The third kappa shape index (κ3) is 4.57. The summed E-state index contributed by atoms with van der Waals surface area (Å²) in [6.45, 7) is 0.392. The minimum atomic E-state index is -0.645. The zero-order chi connectivity index (χ0) is 19.2. The summed E-state index contributed by atoms with van der Waals surface area (Å²) >= 11 is 0. The summed E-state index contributed by atoms with van der Waals surface area (Å²) in [4.78, 5) is 42.0. The van der Waals surface area contributed by atoms with E-state index in [-0.39, 0.29) is 11.5 Å². The third-order valence-corrected chi connectivity index (χ3v) is 4.13. The predicted molar refractivity (Wildman–Crippen MR) is 95.0 cm³/mol. The van der Waals surface area contributed by atoms with Crippen molar-refractivity contribution >= 4 is 23.5 Å². The number of halogens is 1. The minimum Gasteiger partial charge on any atom is -0.323 e. The Morgan fingerprint density at radius 2 is 1.89 bits per heavy atom. The first kappa shape index (κ1) is 18.3. The second-order valence-corrected chi connectivity index (χ2v) is 5.97. The maximum atomic E-state index is 12.9. The molecule has 9 heteroatoms. The van der Waals surface area contributed by atoms with Gasteiger partial charge in [-0.25, -0.2) is 14.6 Å². The molecule has 1 saturated heterocycles. The molecule has 1 aliphatic rings. The van der Waals surface area contributed by atoms with E-state index in [9.17, 15) is 18.8 Å². The topological polar surface area (TPSA) is 103 Å². The summed E-state index contributed by atoms with van der Waals surface area (Å²) in [6, 6.07) is 7.06. The number of likely N-dealkylation sites (tertiary alicyclic amines) is 1. The number of hydrazine groups is 1. The fraction of sp³-hybridized carbons (Fsp3) is 0.222. The second-order valence-electron chi connectivity index (χ2n) is 5.97. The van der Waals surface area contributed by atoms with Crippen LogP contribution in [-0.2, 0) is 4.79 Å². The molecular formula is C18H18FN5O3. The van der Waals surface area contributed by atoms with Crippen molar-refractivity contribution in [1.29, 1.82) is 0 Å². The maximum absolute atomic E-state index is 12.9. The molecule has 140 valence electrons. The highest BCUT2D eigenvalue weighted by atomic mass is 19.1. The van der Waals surface area contributed by atoms with Gasteiger partial charge in [0.25, 0.3) is 5.91 Å². The molecule has 2 aromatic rings. The highest BCUT2D eigenvalue weighted by molar-refractivity contribution is 5.98. The van der Waals surface area contributed by atoms with E-state index in [0.717, 1.165) is 12.1 Å². The highest BCUT2D eigenvalue weighted by Crippen LogP contribution is 2.19. The monoisotopic (exact) mass is 371 g/mol. The smallest absolute Gasteiger partial charge is 0.323 e. The average molecular weight is 371 g/mol. The zero-order valence-electron chi connectivity index (χ0n) is 14.3. The Bertz CT molecular complexity index is 829. The Hall–Kier alpha value is -3.49. The minimum absolute atomic E-state index is 0.198. The fourth-order valence-electron chi connectivity index (χ4n) is 2.80. The van der Waals surface area contributed by atoms with E-state index in [1.165, 1.54) is 23.2 Å². The molecular weight excluding hydrogens is 353 g/mol. The van der Waals surface area contributed by atoms with Crippen molar-refractivity contribution in [3.63, 3.8) is 0 Å². The maximum Gasteiger partial charge on any atom is 0.336 e. The van der Waals surface area contributed by atoms with Gasteiger partial charge in [-0.1, -0.05) is 0 Å². The molecule has 3 N–H and O–H groups in total. The zero-order valence-corrected chi connectivity index (χ0v) is 14.3. The molecule has 0 spiro atoms. The lowest BCUT2D eigenvalue weighted by atomic mass is 10.2. The van der Waals surface area contributed by atoms with Crippen LogP contribution < -0.4 is 16.2 Å². The number of carbonyl (C=O) groups is 3. The SMILES string of the molecule is O=C(NNC(=O)N1CCC[C@H]1C(=O)Nc1cccnc1)c1ccc(F)cc1.